The average molecular weight is 347 g/mol. The second-order valence-electron chi connectivity index (χ2n) is 8.68. The molecule has 0 radical (unpaired) electrons. The molecule has 0 aromatic rings. The summed E-state index contributed by atoms with van der Waals surface area (Å²) in [4.78, 5) is 2.37. The number of rotatable bonds is 0. The van der Waals surface area contributed by atoms with Crippen LogP contribution < -0.4 is 30.3 Å². The van der Waals surface area contributed by atoms with Crippen LogP contribution in [-0.2, 0) is 4.74 Å². The van der Waals surface area contributed by atoms with Gasteiger partial charge in [0, 0.05) is 38.4 Å². The van der Waals surface area contributed by atoms with Gasteiger partial charge in [0.25, 0.3) is 0 Å². The zero-order valence-corrected chi connectivity index (χ0v) is 15.4. The third kappa shape index (κ3) is 5.73. The summed E-state index contributed by atoms with van der Waals surface area (Å²) in [5.74, 6) is 0. The molecule has 2 aliphatic heterocycles. The van der Waals surface area contributed by atoms with E-state index in [9.17, 15) is 0 Å². The molecule has 2 heterocycles. The molecule has 5 aliphatic rings. The summed E-state index contributed by atoms with van der Waals surface area (Å²) in [5, 5.41) is 0. The van der Waals surface area contributed by atoms with Crippen molar-refractivity contribution >= 4 is 17.4 Å². The molecule has 0 unspecified atom stereocenters. The van der Waals surface area contributed by atoms with Gasteiger partial charge in [-0.2, -0.15) is 0 Å². The van der Waals surface area contributed by atoms with Crippen LogP contribution in [0.4, 0.5) is 0 Å². The Morgan fingerprint density at radius 1 is 0.875 bits per heavy atom. The average Bonchev–Trinajstić information content (AvgIpc) is 2.88. The Hall–Kier alpha value is 0.970. The van der Waals surface area contributed by atoms with E-state index < -0.39 is 0 Å². The zero-order valence-electron chi connectivity index (χ0n) is 16.4. The Balaban J connectivity index is 0.000000337. The minimum atomic E-state index is 0. The van der Waals surface area contributed by atoms with Crippen molar-refractivity contribution in [3.8, 4) is 0 Å². The van der Waals surface area contributed by atoms with Crippen molar-refractivity contribution in [1.82, 2.24) is 4.90 Å². The van der Waals surface area contributed by atoms with Crippen LogP contribution in [0, 0.1) is 10.8 Å². The second kappa shape index (κ2) is 9.77. The number of nitrogens with two attached hydrogens (primary N) is 2. The smallest absolute Gasteiger partial charge is 1.00 e. The zero-order chi connectivity index (χ0) is 15.6. The van der Waals surface area contributed by atoms with Gasteiger partial charge in [-0.25, -0.2) is 0 Å². The van der Waals surface area contributed by atoms with Gasteiger partial charge < -0.3 is 22.5 Å². The molecular formula is C18H39AlLiN3O. The fraction of sp³-hybridized carbons (Fsp3) is 1.00. The quantitative estimate of drug-likeness (QED) is 0.500. The largest absolute Gasteiger partial charge is 1.00 e. The Bertz CT molecular complexity index is 336. The van der Waals surface area contributed by atoms with Gasteiger partial charge in [0.1, 0.15) is 0 Å². The fourth-order valence-corrected chi connectivity index (χ4v) is 5.06. The van der Waals surface area contributed by atoms with Crippen molar-refractivity contribution in [2.75, 3.05) is 33.4 Å². The molecule has 0 atom stereocenters. The van der Waals surface area contributed by atoms with Crippen LogP contribution in [0.1, 0.15) is 59.2 Å². The number of hydrogen-bond donors (Lipinski definition) is 2. The van der Waals surface area contributed by atoms with E-state index in [1.54, 1.807) is 0 Å². The van der Waals surface area contributed by atoms with Crippen molar-refractivity contribution < 1.29 is 25.0 Å². The predicted molar refractivity (Wildman–Crippen MR) is 102 cm³/mol. The minimum absolute atomic E-state index is 0. The van der Waals surface area contributed by atoms with Crippen molar-refractivity contribution in [1.29, 1.82) is 0 Å². The maximum absolute atomic E-state index is 5.69. The summed E-state index contributed by atoms with van der Waals surface area (Å²) in [7, 11) is 2.18. The van der Waals surface area contributed by atoms with Crippen LogP contribution in [0.5, 0.6) is 0 Å². The molecule has 4 N–H and O–H groups in total. The number of nitrogens with zero attached hydrogens (tertiary/aromatic N) is 1. The number of likely N-dealkylation sites (tertiary alicyclic amines) is 1. The van der Waals surface area contributed by atoms with E-state index in [2.05, 4.69) is 11.9 Å². The summed E-state index contributed by atoms with van der Waals surface area (Å²) in [6.07, 6.45) is 12.2. The summed E-state index contributed by atoms with van der Waals surface area (Å²) < 4.78 is 4.94. The van der Waals surface area contributed by atoms with Gasteiger partial charge >= 0.3 is 18.9 Å². The number of hydrogen-bond acceptors (Lipinski definition) is 4. The van der Waals surface area contributed by atoms with Crippen LogP contribution in [0.25, 0.3) is 0 Å². The van der Waals surface area contributed by atoms with Crippen molar-refractivity contribution in [2.24, 2.45) is 22.3 Å². The fourth-order valence-electron chi connectivity index (χ4n) is 5.06. The van der Waals surface area contributed by atoms with E-state index in [-0.39, 0.29) is 37.6 Å². The molecule has 0 aromatic carbocycles. The van der Waals surface area contributed by atoms with Crippen LogP contribution in [0.15, 0.2) is 0 Å². The first-order valence-corrected chi connectivity index (χ1v) is 9.29. The molecule has 2 spiro atoms. The van der Waals surface area contributed by atoms with Gasteiger partial charge in [-0.15, -0.1) is 0 Å². The molecule has 2 saturated heterocycles. The monoisotopic (exact) mass is 347 g/mol. The van der Waals surface area contributed by atoms with Crippen molar-refractivity contribution in [3.05, 3.63) is 0 Å². The van der Waals surface area contributed by atoms with Gasteiger partial charge in [0.15, 0.2) is 17.4 Å². The summed E-state index contributed by atoms with van der Waals surface area (Å²) in [5.41, 5.74) is 12.8. The second-order valence-corrected chi connectivity index (χ2v) is 8.68. The molecule has 0 bridgehead atoms. The molecule has 3 saturated carbocycles. The van der Waals surface area contributed by atoms with Crippen LogP contribution in [0.2, 0.25) is 0 Å². The maximum atomic E-state index is 5.69. The van der Waals surface area contributed by atoms with Gasteiger partial charge in [0.05, 0.1) is 0 Å². The Labute approximate surface area is 172 Å². The van der Waals surface area contributed by atoms with Crippen LogP contribution in [-0.4, -0.2) is 67.7 Å². The Morgan fingerprint density at radius 3 is 1.54 bits per heavy atom. The third-order valence-corrected chi connectivity index (χ3v) is 6.23. The Morgan fingerprint density at radius 2 is 1.33 bits per heavy atom. The van der Waals surface area contributed by atoms with Gasteiger partial charge in [-0.1, -0.05) is 6.42 Å². The first-order valence-electron chi connectivity index (χ1n) is 9.29. The van der Waals surface area contributed by atoms with Crippen molar-refractivity contribution in [2.45, 2.75) is 69.9 Å². The van der Waals surface area contributed by atoms with E-state index in [0.29, 0.717) is 17.5 Å². The third-order valence-electron chi connectivity index (χ3n) is 6.23. The van der Waals surface area contributed by atoms with E-state index >= 15 is 0 Å². The molecule has 136 valence electrons. The molecule has 5 fully saturated rings. The molecule has 24 heavy (non-hydrogen) atoms. The van der Waals surface area contributed by atoms with Gasteiger partial charge in [-0.05, 0) is 69.2 Å². The summed E-state index contributed by atoms with van der Waals surface area (Å²) >= 11 is 0. The molecular weight excluding hydrogens is 308 g/mol. The van der Waals surface area contributed by atoms with Gasteiger partial charge in [0.2, 0.25) is 0 Å². The minimum Gasteiger partial charge on any atom is -1.00 e. The van der Waals surface area contributed by atoms with Crippen molar-refractivity contribution in [3.63, 3.8) is 0 Å². The van der Waals surface area contributed by atoms with Crippen LogP contribution in [0.3, 0.4) is 0 Å². The molecule has 3 aliphatic carbocycles. The first-order chi connectivity index (χ1) is 10.5. The topological polar surface area (TPSA) is 64.5 Å². The molecule has 0 amide bonds. The Kier molecular flexibility index (Phi) is 9.37. The standard InChI is InChI=1S/C7H14N2.C7H13N.C4H8O.Al.Li.4H/c1-9-4-7(5-9)2-6(8)3-7;8-6-4-7(5-6)2-1-3-7;1-2-4-5-3-1;;;;;;/h6H,2-5,8H2,1H3;6H,1-5,8H2;1-4H2;;;;;;/q;;;;+1;;;;-1. The summed E-state index contributed by atoms with van der Waals surface area (Å²) in [6.45, 7) is 4.58. The summed E-state index contributed by atoms with van der Waals surface area (Å²) in [6, 6.07) is 1.09. The van der Waals surface area contributed by atoms with Crippen LogP contribution >= 0.6 is 0 Å². The van der Waals surface area contributed by atoms with Gasteiger partial charge in [-0.3, -0.25) is 0 Å². The molecule has 0 aromatic heterocycles. The molecule has 6 heteroatoms. The molecule has 5 rings (SSSR count). The molecule has 4 nitrogen and oxygen atoms in total. The van der Waals surface area contributed by atoms with E-state index in [1.807, 2.05) is 0 Å². The number of ether oxygens (including phenoxy) is 1. The first kappa shape index (κ1) is 23.0. The maximum Gasteiger partial charge on any atom is 1.00 e. The van der Waals surface area contributed by atoms with E-state index in [0.717, 1.165) is 18.6 Å². The SMILES string of the molecule is C1CCOC1.CN1CC2(CC(N)C2)C1.NC1CC2(CCC2)C1.[AlH3].[H-].[Li+]. The van der Waals surface area contributed by atoms with E-state index in [4.69, 9.17) is 16.2 Å². The van der Waals surface area contributed by atoms with E-state index in [1.165, 1.54) is 70.9 Å². The normalized spacial score (nSPS) is 31.4. The predicted octanol–water partition coefficient (Wildman–Crippen LogP) is -1.95.